The van der Waals surface area contributed by atoms with Crippen LogP contribution in [0.4, 0.5) is 0 Å². The molecule has 1 aromatic heterocycles. The SMILES string of the molecule is Cc1ccc2ccc(OC(C)C)c(Br)c2n1. The lowest BCUT2D eigenvalue weighted by atomic mass is 10.2. The highest BCUT2D eigenvalue weighted by Crippen LogP contribution is 2.32. The Morgan fingerprint density at radius 2 is 1.88 bits per heavy atom. The summed E-state index contributed by atoms with van der Waals surface area (Å²) in [6.45, 7) is 6.02. The number of pyridine rings is 1. The minimum Gasteiger partial charge on any atom is -0.490 e. The van der Waals surface area contributed by atoms with E-state index < -0.39 is 0 Å². The molecule has 0 aliphatic carbocycles. The number of fused-ring (bicyclic) bond motifs is 1. The van der Waals surface area contributed by atoms with Crippen molar-refractivity contribution < 1.29 is 4.74 Å². The van der Waals surface area contributed by atoms with Gasteiger partial charge in [-0.05, 0) is 54.9 Å². The van der Waals surface area contributed by atoms with Gasteiger partial charge in [0.05, 0.1) is 16.1 Å². The van der Waals surface area contributed by atoms with Crippen molar-refractivity contribution in [1.82, 2.24) is 4.98 Å². The molecule has 0 radical (unpaired) electrons. The second-order valence-corrected chi connectivity index (χ2v) is 4.86. The van der Waals surface area contributed by atoms with Crippen LogP contribution in [-0.4, -0.2) is 11.1 Å². The van der Waals surface area contributed by atoms with Crippen LogP contribution in [0.2, 0.25) is 0 Å². The van der Waals surface area contributed by atoms with Crippen LogP contribution in [0.25, 0.3) is 10.9 Å². The zero-order valence-corrected chi connectivity index (χ0v) is 11.2. The maximum atomic E-state index is 5.71. The maximum absolute atomic E-state index is 5.71. The molecule has 0 N–H and O–H groups in total. The lowest BCUT2D eigenvalue weighted by Crippen LogP contribution is -2.06. The number of aryl methyl sites for hydroxylation is 1. The molecule has 0 saturated carbocycles. The average Bonchev–Trinajstić information content (AvgIpc) is 2.22. The van der Waals surface area contributed by atoms with E-state index in [-0.39, 0.29) is 6.10 Å². The Kier molecular flexibility index (Phi) is 3.15. The van der Waals surface area contributed by atoms with E-state index in [0.29, 0.717) is 0 Å². The van der Waals surface area contributed by atoms with Gasteiger partial charge in [-0.25, -0.2) is 0 Å². The number of nitrogens with zero attached hydrogens (tertiary/aromatic N) is 1. The average molecular weight is 280 g/mol. The Morgan fingerprint density at radius 3 is 2.56 bits per heavy atom. The van der Waals surface area contributed by atoms with Crippen molar-refractivity contribution in [3.8, 4) is 5.75 Å². The number of rotatable bonds is 2. The van der Waals surface area contributed by atoms with Crippen molar-refractivity contribution in [3.05, 3.63) is 34.4 Å². The van der Waals surface area contributed by atoms with Crippen molar-refractivity contribution in [3.63, 3.8) is 0 Å². The van der Waals surface area contributed by atoms with Gasteiger partial charge in [0.25, 0.3) is 0 Å². The lowest BCUT2D eigenvalue weighted by molar-refractivity contribution is 0.241. The molecule has 0 aliphatic rings. The Bertz CT molecular complexity index is 523. The normalized spacial score (nSPS) is 11.1. The topological polar surface area (TPSA) is 22.1 Å². The molecule has 16 heavy (non-hydrogen) atoms. The Morgan fingerprint density at radius 1 is 1.19 bits per heavy atom. The van der Waals surface area contributed by atoms with E-state index in [4.69, 9.17) is 4.74 Å². The first kappa shape index (κ1) is 11.4. The first-order valence-corrected chi connectivity index (χ1v) is 6.10. The standard InChI is InChI=1S/C13H14BrNO/c1-8(2)16-11-7-6-10-5-4-9(3)15-13(10)12(11)14/h4-8H,1-3H3. The fraction of sp³-hybridized carbons (Fsp3) is 0.308. The van der Waals surface area contributed by atoms with Gasteiger partial charge in [0, 0.05) is 11.1 Å². The van der Waals surface area contributed by atoms with Crippen LogP contribution in [0.3, 0.4) is 0 Å². The van der Waals surface area contributed by atoms with Gasteiger partial charge in [-0.2, -0.15) is 0 Å². The van der Waals surface area contributed by atoms with E-state index in [1.54, 1.807) is 0 Å². The molecule has 0 unspecified atom stereocenters. The molecule has 0 atom stereocenters. The second kappa shape index (κ2) is 4.42. The molecule has 1 heterocycles. The predicted octanol–water partition coefficient (Wildman–Crippen LogP) is 4.09. The van der Waals surface area contributed by atoms with Gasteiger partial charge in [-0.15, -0.1) is 0 Å². The molecule has 1 aromatic carbocycles. The van der Waals surface area contributed by atoms with E-state index >= 15 is 0 Å². The van der Waals surface area contributed by atoms with Crippen LogP contribution < -0.4 is 4.74 Å². The summed E-state index contributed by atoms with van der Waals surface area (Å²) < 4.78 is 6.64. The molecule has 0 aliphatic heterocycles. The molecule has 2 nitrogen and oxygen atoms in total. The summed E-state index contributed by atoms with van der Waals surface area (Å²) in [4.78, 5) is 4.52. The molecular formula is C13H14BrNO. The Hall–Kier alpha value is -1.09. The van der Waals surface area contributed by atoms with Crippen molar-refractivity contribution in [2.24, 2.45) is 0 Å². The second-order valence-electron chi connectivity index (χ2n) is 4.07. The Labute approximate surface area is 104 Å². The quantitative estimate of drug-likeness (QED) is 0.826. The molecular weight excluding hydrogens is 266 g/mol. The van der Waals surface area contributed by atoms with Crippen molar-refractivity contribution >= 4 is 26.8 Å². The number of hydrogen-bond acceptors (Lipinski definition) is 2. The third-order valence-electron chi connectivity index (χ3n) is 2.27. The summed E-state index contributed by atoms with van der Waals surface area (Å²) in [5.41, 5.74) is 1.97. The highest BCUT2D eigenvalue weighted by molar-refractivity contribution is 9.10. The third kappa shape index (κ3) is 2.19. The van der Waals surface area contributed by atoms with E-state index in [9.17, 15) is 0 Å². The zero-order valence-electron chi connectivity index (χ0n) is 9.62. The van der Waals surface area contributed by atoms with Crippen LogP contribution in [0.15, 0.2) is 28.7 Å². The van der Waals surface area contributed by atoms with Gasteiger partial charge < -0.3 is 4.74 Å². The molecule has 3 heteroatoms. The van der Waals surface area contributed by atoms with Crippen molar-refractivity contribution in [2.45, 2.75) is 26.9 Å². The van der Waals surface area contributed by atoms with E-state index in [0.717, 1.165) is 26.8 Å². The number of ether oxygens (including phenoxy) is 1. The summed E-state index contributed by atoms with van der Waals surface area (Å²) in [5.74, 6) is 0.848. The highest BCUT2D eigenvalue weighted by Gasteiger charge is 2.08. The monoisotopic (exact) mass is 279 g/mol. The van der Waals surface area contributed by atoms with Gasteiger partial charge in [-0.3, -0.25) is 4.98 Å². The predicted molar refractivity (Wildman–Crippen MR) is 69.9 cm³/mol. The van der Waals surface area contributed by atoms with Crippen molar-refractivity contribution in [2.75, 3.05) is 0 Å². The largest absolute Gasteiger partial charge is 0.490 e. The van der Waals surface area contributed by atoms with Crippen LogP contribution >= 0.6 is 15.9 Å². The van der Waals surface area contributed by atoms with Gasteiger partial charge in [0.2, 0.25) is 0 Å². The first-order valence-electron chi connectivity index (χ1n) is 5.30. The smallest absolute Gasteiger partial charge is 0.136 e. The molecule has 0 amide bonds. The van der Waals surface area contributed by atoms with Gasteiger partial charge in [0.1, 0.15) is 5.75 Å². The molecule has 0 fully saturated rings. The van der Waals surface area contributed by atoms with Crippen LogP contribution in [0.1, 0.15) is 19.5 Å². The summed E-state index contributed by atoms with van der Waals surface area (Å²) in [6.07, 6.45) is 0.165. The highest BCUT2D eigenvalue weighted by atomic mass is 79.9. The molecule has 0 bridgehead atoms. The lowest BCUT2D eigenvalue weighted by Gasteiger charge is -2.12. The van der Waals surface area contributed by atoms with E-state index in [1.165, 1.54) is 0 Å². The van der Waals surface area contributed by atoms with Crippen LogP contribution in [-0.2, 0) is 0 Å². The maximum Gasteiger partial charge on any atom is 0.136 e. The molecule has 2 rings (SSSR count). The van der Waals surface area contributed by atoms with Gasteiger partial charge >= 0.3 is 0 Å². The fourth-order valence-electron chi connectivity index (χ4n) is 1.58. The number of hydrogen-bond donors (Lipinski definition) is 0. The molecule has 84 valence electrons. The summed E-state index contributed by atoms with van der Waals surface area (Å²) in [5, 5.41) is 1.12. The summed E-state index contributed by atoms with van der Waals surface area (Å²) in [6, 6.07) is 8.09. The van der Waals surface area contributed by atoms with Crippen LogP contribution in [0.5, 0.6) is 5.75 Å². The Balaban J connectivity index is 2.58. The van der Waals surface area contributed by atoms with Crippen LogP contribution in [0, 0.1) is 6.92 Å². The minimum atomic E-state index is 0.165. The summed E-state index contributed by atoms with van der Waals surface area (Å²) in [7, 11) is 0. The molecule has 0 saturated heterocycles. The van der Waals surface area contributed by atoms with Gasteiger partial charge in [0.15, 0.2) is 0 Å². The number of aromatic nitrogens is 1. The number of benzene rings is 1. The van der Waals surface area contributed by atoms with E-state index in [2.05, 4.69) is 27.0 Å². The number of halogens is 1. The first-order chi connectivity index (χ1) is 7.58. The minimum absolute atomic E-state index is 0.165. The third-order valence-corrected chi connectivity index (χ3v) is 3.03. The van der Waals surface area contributed by atoms with Crippen molar-refractivity contribution in [1.29, 1.82) is 0 Å². The zero-order chi connectivity index (χ0) is 11.7. The molecule has 2 aromatic rings. The summed E-state index contributed by atoms with van der Waals surface area (Å²) >= 11 is 3.56. The molecule has 0 spiro atoms. The van der Waals surface area contributed by atoms with E-state index in [1.807, 2.05) is 39.0 Å². The van der Waals surface area contributed by atoms with Gasteiger partial charge in [-0.1, -0.05) is 6.07 Å². The fourth-order valence-corrected chi connectivity index (χ4v) is 2.12.